The van der Waals surface area contributed by atoms with Crippen LogP contribution in [0, 0.1) is 0 Å². The summed E-state index contributed by atoms with van der Waals surface area (Å²) in [4.78, 5) is 0. The summed E-state index contributed by atoms with van der Waals surface area (Å²) >= 11 is 0. The number of methoxy groups -OCH3 is 2. The lowest BCUT2D eigenvalue weighted by molar-refractivity contribution is 0.182. The second-order valence-corrected chi connectivity index (χ2v) is 4.79. The van der Waals surface area contributed by atoms with Gasteiger partial charge in [0.25, 0.3) is 0 Å². The lowest BCUT2D eigenvalue weighted by atomic mass is 9.85. The van der Waals surface area contributed by atoms with Crippen LogP contribution in [0.4, 0.5) is 0 Å². The summed E-state index contributed by atoms with van der Waals surface area (Å²) in [7, 11) is 3.41. The van der Waals surface area contributed by atoms with E-state index in [9.17, 15) is 0 Å². The van der Waals surface area contributed by atoms with E-state index in [-0.39, 0.29) is 5.54 Å². The molecule has 17 heavy (non-hydrogen) atoms. The Labute approximate surface area is 103 Å². The molecule has 0 atom stereocenters. The fourth-order valence-electron chi connectivity index (χ4n) is 2.84. The summed E-state index contributed by atoms with van der Waals surface area (Å²) in [6.45, 7) is 0.589. The van der Waals surface area contributed by atoms with Crippen molar-refractivity contribution in [3.8, 4) is 5.75 Å². The van der Waals surface area contributed by atoms with Gasteiger partial charge in [-0.1, -0.05) is 25.0 Å². The summed E-state index contributed by atoms with van der Waals surface area (Å²) in [6.07, 6.45) is 4.45. The zero-order valence-corrected chi connectivity index (χ0v) is 10.7. The van der Waals surface area contributed by atoms with Gasteiger partial charge >= 0.3 is 0 Å². The van der Waals surface area contributed by atoms with E-state index in [0.29, 0.717) is 6.61 Å². The summed E-state index contributed by atoms with van der Waals surface area (Å²) in [6, 6.07) is 6.06. The van der Waals surface area contributed by atoms with Crippen LogP contribution in [0.5, 0.6) is 5.75 Å². The van der Waals surface area contributed by atoms with Crippen molar-refractivity contribution in [1.29, 1.82) is 0 Å². The minimum atomic E-state index is -0.236. The lowest BCUT2D eigenvalue weighted by Gasteiger charge is -2.28. The Hall–Kier alpha value is -1.06. The molecule has 0 aliphatic heterocycles. The molecule has 94 valence electrons. The first-order chi connectivity index (χ1) is 8.21. The summed E-state index contributed by atoms with van der Waals surface area (Å²) < 4.78 is 10.7. The molecule has 0 radical (unpaired) electrons. The minimum absolute atomic E-state index is 0.236. The van der Waals surface area contributed by atoms with Crippen LogP contribution in [0.1, 0.15) is 36.8 Å². The van der Waals surface area contributed by atoms with Crippen molar-refractivity contribution < 1.29 is 9.47 Å². The molecule has 0 saturated heterocycles. The van der Waals surface area contributed by atoms with E-state index in [0.717, 1.165) is 29.7 Å². The minimum Gasteiger partial charge on any atom is -0.496 e. The lowest BCUT2D eigenvalue weighted by Crippen LogP contribution is -2.34. The summed E-state index contributed by atoms with van der Waals surface area (Å²) in [5.74, 6) is 0.893. The van der Waals surface area contributed by atoms with Crippen LogP contribution in [0.3, 0.4) is 0 Å². The molecule has 0 spiro atoms. The third-order valence-electron chi connectivity index (χ3n) is 3.63. The van der Waals surface area contributed by atoms with Gasteiger partial charge in [-0.3, -0.25) is 0 Å². The molecule has 1 aromatic carbocycles. The zero-order chi connectivity index (χ0) is 12.3. The molecule has 3 heteroatoms. The highest BCUT2D eigenvalue weighted by atomic mass is 16.5. The molecule has 1 aliphatic rings. The molecule has 0 amide bonds. The van der Waals surface area contributed by atoms with E-state index in [1.165, 1.54) is 12.8 Å². The van der Waals surface area contributed by atoms with Gasteiger partial charge in [0.1, 0.15) is 5.75 Å². The largest absolute Gasteiger partial charge is 0.496 e. The Bertz CT molecular complexity index is 384. The Balaban J connectivity index is 2.47. The molecule has 0 unspecified atom stereocenters. The second-order valence-electron chi connectivity index (χ2n) is 4.79. The number of hydrogen-bond acceptors (Lipinski definition) is 3. The first kappa shape index (κ1) is 12.4. The van der Waals surface area contributed by atoms with Gasteiger partial charge < -0.3 is 15.2 Å². The molecular formula is C14H21NO2. The van der Waals surface area contributed by atoms with Crippen LogP contribution in [0.25, 0.3) is 0 Å². The van der Waals surface area contributed by atoms with Crippen LogP contribution in [-0.2, 0) is 16.9 Å². The Morgan fingerprint density at radius 3 is 2.53 bits per heavy atom. The maximum absolute atomic E-state index is 6.55. The van der Waals surface area contributed by atoms with Crippen molar-refractivity contribution in [2.24, 2.45) is 5.73 Å². The van der Waals surface area contributed by atoms with E-state index in [2.05, 4.69) is 6.07 Å². The Morgan fingerprint density at radius 2 is 1.94 bits per heavy atom. The van der Waals surface area contributed by atoms with Crippen molar-refractivity contribution in [2.45, 2.75) is 37.8 Å². The SMILES string of the molecule is COCc1cccc(OC)c1C1(N)CCCC1. The number of ether oxygens (including phenoxy) is 2. The van der Waals surface area contributed by atoms with Crippen molar-refractivity contribution in [3.63, 3.8) is 0 Å². The van der Waals surface area contributed by atoms with Crippen LogP contribution >= 0.6 is 0 Å². The van der Waals surface area contributed by atoms with Crippen molar-refractivity contribution in [2.75, 3.05) is 14.2 Å². The maximum atomic E-state index is 6.55. The molecule has 1 saturated carbocycles. The average Bonchev–Trinajstić information content (AvgIpc) is 2.77. The molecule has 2 N–H and O–H groups in total. The smallest absolute Gasteiger partial charge is 0.124 e. The van der Waals surface area contributed by atoms with Gasteiger partial charge in [-0.15, -0.1) is 0 Å². The first-order valence-corrected chi connectivity index (χ1v) is 6.15. The quantitative estimate of drug-likeness (QED) is 0.872. The third kappa shape index (κ3) is 2.31. The van der Waals surface area contributed by atoms with Crippen LogP contribution in [0.15, 0.2) is 18.2 Å². The van der Waals surface area contributed by atoms with Gasteiger partial charge in [-0.2, -0.15) is 0 Å². The summed E-state index contributed by atoms with van der Waals surface area (Å²) in [5, 5.41) is 0. The predicted molar refractivity (Wildman–Crippen MR) is 68.0 cm³/mol. The fraction of sp³-hybridized carbons (Fsp3) is 0.571. The molecule has 1 fully saturated rings. The fourth-order valence-corrected chi connectivity index (χ4v) is 2.84. The van der Waals surface area contributed by atoms with E-state index < -0.39 is 0 Å². The molecular weight excluding hydrogens is 214 g/mol. The molecule has 1 aromatic rings. The summed E-state index contributed by atoms with van der Waals surface area (Å²) in [5.41, 5.74) is 8.61. The van der Waals surface area contributed by atoms with Gasteiger partial charge in [0.15, 0.2) is 0 Å². The van der Waals surface area contributed by atoms with E-state index in [1.807, 2.05) is 12.1 Å². The molecule has 2 rings (SSSR count). The van der Waals surface area contributed by atoms with Crippen LogP contribution < -0.4 is 10.5 Å². The third-order valence-corrected chi connectivity index (χ3v) is 3.63. The topological polar surface area (TPSA) is 44.5 Å². The monoisotopic (exact) mass is 235 g/mol. The maximum Gasteiger partial charge on any atom is 0.124 e. The van der Waals surface area contributed by atoms with Crippen LogP contribution in [0.2, 0.25) is 0 Å². The molecule has 3 nitrogen and oxygen atoms in total. The number of rotatable bonds is 4. The van der Waals surface area contributed by atoms with E-state index >= 15 is 0 Å². The van der Waals surface area contributed by atoms with Crippen molar-refractivity contribution >= 4 is 0 Å². The Kier molecular flexibility index (Phi) is 3.69. The highest BCUT2D eigenvalue weighted by Crippen LogP contribution is 2.42. The molecule has 1 aliphatic carbocycles. The standard InChI is InChI=1S/C14H21NO2/c1-16-10-11-6-5-7-12(17-2)13(11)14(15)8-3-4-9-14/h5-7H,3-4,8-10,15H2,1-2H3. The van der Waals surface area contributed by atoms with Gasteiger partial charge in [-0.25, -0.2) is 0 Å². The molecule has 0 bridgehead atoms. The van der Waals surface area contributed by atoms with Gasteiger partial charge in [0.2, 0.25) is 0 Å². The zero-order valence-electron chi connectivity index (χ0n) is 10.7. The number of nitrogens with two attached hydrogens (primary N) is 1. The first-order valence-electron chi connectivity index (χ1n) is 6.15. The van der Waals surface area contributed by atoms with E-state index in [1.54, 1.807) is 14.2 Å². The van der Waals surface area contributed by atoms with Gasteiger partial charge in [0.05, 0.1) is 13.7 Å². The average molecular weight is 235 g/mol. The second kappa shape index (κ2) is 5.07. The Morgan fingerprint density at radius 1 is 1.24 bits per heavy atom. The van der Waals surface area contributed by atoms with Gasteiger partial charge in [-0.05, 0) is 24.5 Å². The highest BCUT2D eigenvalue weighted by molar-refractivity contribution is 5.45. The normalized spacial score (nSPS) is 18.3. The highest BCUT2D eigenvalue weighted by Gasteiger charge is 2.35. The van der Waals surface area contributed by atoms with Crippen molar-refractivity contribution in [1.82, 2.24) is 0 Å². The number of hydrogen-bond donors (Lipinski definition) is 1. The number of benzene rings is 1. The predicted octanol–water partition coefficient (Wildman–Crippen LogP) is 2.57. The van der Waals surface area contributed by atoms with Crippen molar-refractivity contribution in [3.05, 3.63) is 29.3 Å². The van der Waals surface area contributed by atoms with E-state index in [4.69, 9.17) is 15.2 Å². The van der Waals surface area contributed by atoms with Gasteiger partial charge in [0, 0.05) is 18.2 Å². The van der Waals surface area contributed by atoms with Crippen LogP contribution in [-0.4, -0.2) is 14.2 Å². The molecule has 0 aromatic heterocycles. The molecule has 0 heterocycles.